The number of carbonyl (C=O) groups excluding carboxylic acids is 1. The standard InChI is InChI=1S/C25H24FN5O2/c1-15-21(13-29-31(15)2)18-10-20(24(27)28-12-18)17-8-9-19(22(26)11-17)25(33)30-23(14-32)16-6-4-3-5-7-16/h3-13,23,32H,14H2,1-2H3,(H2,27,28)(H,30,33). The summed E-state index contributed by atoms with van der Waals surface area (Å²) in [4.78, 5) is 17.0. The number of hydrogen-bond donors (Lipinski definition) is 3. The molecule has 0 aliphatic rings. The van der Waals surface area contributed by atoms with Gasteiger partial charge in [-0.1, -0.05) is 36.4 Å². The van der Waals surface area contributed by atoms with E-state index in [1.165, 1.54) is 12.1 Å². The molecule has 0 bridgehead atoms. The third kappa shape index (κ3) is 4.47. The Morgan fingerprint density at radius 2 is 1.88 bits per heavy atom. The normalized spacial score (nSPS) is 11.9. The molecular formula is C25H24FN5O2. The Kier molecular flexibility index (Phi) is 6.19. The first-order valence-electron chi connectivity index (χ1n) is 10.4. The van der Waals surface area contributed by atoms with Gasteiger partial charge in [-0.05, 0) is 36.2 Å². The summed E-state index contributed by atoms with van der Waals surface area (Å²) in [5, 5.41) is 16.6. The lowest BCUT2D eigenvalue weighted by molar-refractivity contribution is 0.0912. The Morgan fingerprint density at radius 1 is 1.12 bits per heavy atom. The number of aromatic nitrogens is 3. The van der Waals surface area contributed by atoms with Crippen LogP contribution in [0.3, 0.4) is 0 Å². The number of hydrogen-bond acceptors (Lipinski definition) is 5. The Labute approximate surface area is 190 Å². The maximum Gasteiger partial charge on any atom is 0.254 e. The molecule has 0 spiro atoms. The summed E-state index contributed by atoms with van der Waals surface area (Å²) in [5.41, 5.74) is 10.4. The zero-order chi connectivity index (χ0) is 23.5. The van der Waals surface area contributed by atoms with E-state index in [4.69, 9.17) is 5.73 Å². The lowest BCUT2D eigenvalue weighted by Gasteiger charge is -2.17. The van der Waals surface area contributed by atoms with Crippen molar-refractivity contribution in [2.45, 2.75) is 13.0 Å². The predicted molar refractivity (Wildman–Crippen MR) is 125 cm³/mol. The molecule has 0 saturated heterocycles. The first kappa shape index (κ1) is 22.2. The third-order valence-corrected chi connectivity index (χ3v) is 5.68. The van der Waals surface area contributed by atoms with E-state index in [0.29, 0.717) is 11.1 Å². The summed E-state index contributed by atoms with van der Waals surface area (Å²) in [7, 11) is 1.85. The molecule has 7 nitrogen and oxygen atoms in total. The lowest BCUT2D eigenvalue weighted by atomic mass is 9.99. The zero-order valence-electron chi connectivity index (χ0n) is 18.3. The van der Waals surface area contributed by atoms with Crippen molar-refractivity contribution in [3.05, 3.63) is 89.6 Å². The van der Waals surface area contributed by atoms with Crippen molar-refractivity contribution in [1.29, 1.82) is 0 Å². The van der Waals surface area contributed by atoms with Crippen LogP contribution in [0.15, 0.2) is 67.0 Å². The number of pyridine rings is 1. The monoisotopic (exact) mass is 445 g/mol. The van der Waals surface area contributed by atoms with Gasteiger partial charge in [-0.25, -0.2) is 9.37 Å². The number of carbonyl (C=O) groups is 1. The topological polar surface area (TPSA) is 106 Å². The molecule has 1 amide bonds. The molecule has 2 aromatic carbocycles. The van der Waals surface area contributed by atoms with Gasteiger partial charge in [-0.3, -0.25) is 9.48 Å². The van der Waals surface area contributed by atoms with Gasteiger partial charge in [0, 0.05) is 35.6 Å². The quantitative estimate of drug-likeness (QED) is 0.420. The molecule has 0 aliphatic carbocycles. The number of benzene rings is 2. The summed E-state index contributed by atoms with van der Waals surface area (Å²) in [6.45, 7) is 1.64. The summed E-state index contributed by atoms with van der Waals surface area (Å²) < 4.78 is 16.7. The largest absolute Gasteiger partial charge is 0.394 e. The Hall–Kier alpha value is -4.04. The van der Waals surface area contributed by atoms with Crippen LogP contribution in [0, 0.1) is 12.7 Å². The summed E-state index contributed by atoms with van der Waals surface area (Å²) in [6, 6.07) is 14.5. The Morgan fingerprint density at radius 3 is 2.52 bits per heavy atom. The minimum absolute atomic E-state index is 0.126. The van der Waals surface area contributed by atoms with Gasteiger partial charge in [-0.15, -0.1) is 0 Å². The van der Waals surface area contributed by atoms with E-state index in [-0.39, 0.29) is 18.0 Å². The van der Waals surface area contributed by atoms with Gasteiger partial charge in [0.1, 0.15) is 11.6 Å². The molecule has 33 heavy (non-hydrogen) atoms. The van der Waals surface area contributed by atoms with E-state index in [1.807, 2.05) is 26.1 Å². The minimum atomic E-state index is -0.697. The fourth-order valence-electron chi connectivity index (χ4n) is 3.66. The molecule has 0 saturated carbocycles. The Balaban J connectivity index is 1.62. The second kappa shape index (κ2) is 9.22. The number of aliphatic hydroxyl groups excluding tert-OH is 1. The van der Waals surface area contributed by atoms with Crippen molar-refractivity contribution < 1.29 is 14.3 Å². The molecule has 2 heterocycles. The minimum Gasteiger partial charge on any atom is -0.394 e. The predicted octanol–water partition coefficient (Wildman–Crippen LogP) is 3.64. The second-order valence-electron chi connectivity index (χ2n) is 7.74. The van der Waals surface area contributed by atoms with Crippen LogP contribution in [0.1, 0.15) is 27.7 Å². The molecule has 8 heteroatoms. The van der Waals surface area contributed by atoms with E-state index < -0.39 is 17.8 Å². The molecule has 0 fully saturated rings. The van der Waals surface area contributed by atoms with Gasteiger partial charge in [-0.2, -0.15) is 5.10 Å². The molecule has 0 radical (unpaired) electrons. The maximum atomic E-state index is 15.0. The van der Waals surface area contributed by atoms with Crippen LogP contribution in [0.2, 0.25) is 0 Å². The summed E-state index contributed by atoms with van der Waals surface area (Å²) >= 11 is 0. The number of halogens is 1. The van der Waals surface area contributed by atoms with Crippen molar-refractivity contribution in [2.75, 3.05) is 12.3 Å². The van der Waals surface area contributed by atoms with Gasteiger partial charge in [0.05, 0.1) is 24.4 Å². The number of amides is 1. The van der Waals surface area contributed by atoms with Crippen molar-refractivity contribution in [3.63, 3.8) is 0 Å². The van der Waals surface area contributed by atoms with Crippen LogP contribution < -0.4 is 11.1 Å². The summed E-state index contributed by atoms with van der Waals surface area (Å²) in [5.74, 6) is -1.06. The van der Waals surface area contributed by atoms with Gasteiger partial charge in [0.2, 0.25) is 0 Å². The van der Waals surface area contributed by atoms with E-state index in [1.54, 1.807) is 47.4 Å². The van der Waals surface area contributed by atoms with Crippen molar-refractivity contribution in [3.8, 4) is 22.3 Å². The molecular weight excluding hydrogens is 421 g/mol. The van der Waals surface area contributed by atoms with Crippen LogP contribution in [0.4, 0.5) is 10.2 Å². The lowest BCUT2D eigenvalue weighted by Crippen LogP contribution is -2.31. The van der Waals surface area contributed by atoms with Crippen LogP contribution in [-0.2, 0) is 7.05 Å². The SMILES string of the molecule is Cc1c(-c2cnc(N)c(-c3ccc(C(=O)NC(CO)c4ccccc4)c(F)c3)c2)cnn1C. The fraction of sp³-hybridized carbons (Fsp3) is 0.160. The number of aryl methyl sites for hydroxylation is 1. The van der Waals surface area contributed by atoms with Crippen molar-refractivity contribution >= 4 is 11.7 Å². The molecule has 4 aromatic rings. The smallest absolute Gasteiger partial charge is 0.254 e. The van der Waals surface area contributed by atoms with Crippen molar-refractivity contribution in [1.82, 2.24) is 20.1 Å². The number of rotatable bonds is 6. The van der Waals surface area contributed by atoms with E-state index >= 15 is 0 Å². The number of nitrogens with one attached hydrogen (secondary N) is 1. The number of anilines is 1. The Bertz CT molecular complexity index is 1300. The second-order valence-corrected chi connectivity index (χ2v) is 7.74. The molecule has 1 unspecified atom stereocenters. The van der Waals surface area contributed by atoms with E-state index in [0.717, 1.165) is 22.4 Å². The number of nitrogen functional groups attached to an aromatic ring is 1. The highest BCUT2D eigenvalue weighted by Crippen LogP contribution is 2.31. The highest BCUT2D eigenvalue weighted by molar-refractivity contribution is 5.95. The van der Waals surface area contributed by atoms with Gasteiger partial charge >= 0.3 is 0 Å². The molecule has 4 rings (SSSR count). The number of nitrogens with zero attached hydrogens (tertiary/aromatic N) is 3. The van der Waals surface area contributed by atoms with Crippen molar-refractivity contribution in [2.24, 2.45) is 7.05 Å². The molecule has 168 valence electrons. The number of aliphatic hydroxyl groups is 1. The zero-order valence-corrected chi connectivity index (χ0v) is 18.3. The maximum absolute atomic E-state index is 15.0. The average Bonchev–Trinajstić information content (AvgIpc) is 3.16. The third-order valence-electron chi connectivity index (χ3n) is 5.68. The molecule has 2 aromatic heterocycles. The van der Waals surface area contributed by atoms with E-state index in [9.17, 15) is 14.3 Å². The van der Waals surface area contributed by atoms with Gasteiger partial charge in [0.15, 0.2) is 0 Å². The molecule has 4 N–H and O–H groups in total. The van der Waals surface area contributed by atoms with Gasteiger partial charge < -0.3 is 16.2 Å². The first-order chi connectivity index (χ1) is 15.9. The van der Waals surface area contributed by atoms with Crippen LogP contribution >= 0.6 is 0 Å². The summed E-state index contributed by atoms with van der Waals surface area (Å²) in [6.07, 6.45) is 3.39. The van der Waals surface area contributed by atoms with E-state index in [2.05, 4.69) is 15.4 Å². The highest BCUT2D eigenvalue weighted by Gasteiger charge is 2.19. The van der Waals surface area contributed by atoms with Crippen LogP contribution in [0.5, 0.6) is 0 Å². The van der Waals surface area contributed by atoms with Crippen LogP contribution in [0.25, 0.3) is 22.3 Å². The highest BCUT2D eigenvalue weighted by atomic mass is 19.1. The van der Waals surface area contributed by atoms with Crippen LogP contribution in [-0.4, -0.2) is 32.4 Å². The average molecular weight is 445 g/mol. The molecule has 1 atom stereocenters. The first-order valence-corrected chi connectivity index (χ1v) is 10.4. The van der Waals surface area contributed by atoms with Gasteiger partial charge in [0.25, 0.3) is 5.91 Å². The molecule has 0 aliphatic heterocycles. The fourth-order valence-corrected chi connectivity index (χ4v) is 3.66. The number of nitrogens with two attached hydrogens (primary N) is 1.